The van der Waals surface area contributed by atoms with E-state index in [1.54, 1.807) is 22.0 Å². The molecule has 1 aromatic rings. The van der Waals surface area contributed by atoms with Crippen LogP contribution in [0.4, 0.5) is 5.69 Å². The number of benzene rings is 1. The van der Waals surface area contributed by atoms with Gasteiger partial charge in [0.15, 0.2) is 0 Å². The molecule has 9 heteroatoms. The molecule has 3 heterocycles. The molecule has 9 nitrogen and oxygen atoms in total. The number of fused-ring (bicyclic) bond motifs is 1. The quantitative estimate of drug-likeness (QED) is 0.294. The average Bonchev–Trinajstić information content (AvgIpc) is 3.57. The predicted molar refractivity (Wildman–Crippen MR) is 176 cm³/mol. The number of β-amino-alcohol motifs (C(OH)–C–C–N with tert-alkyl or cyclic N) is 1. The Labute approximate surface area is 269 Å². The van der Waals surface area contributed by atoms with E-state index in [9.17, 15) is 19.5 Å². The van der Waals surface area contributed by atoms with E-state index in [4.69, 9.17) is 9.47 Å². The van der Waals surface area contributed by atoms with Gasteiger partial charge in [-0.15, -0.1) is 13.2 Å². The molecule has 1 N–H and O–H groups in total. The largest absolute Gasteiger partial charge is 0.494 e. The Morgan fingerprint density at radius 2 is 1.71 bits per heavy atom. The van der Waals surface area contributed by atoms with Gasteiger partial charge in [-0.3, -0.25) is 14.4 Å². The highest BCUT2D eigenvalue weighted by Crippen LogP contribution is 2.65. The molecule has 0 aromatic heterocycles. The second-order valence-electron chi connectivity index (χ2n) is 14.5. The van der Waals surface area contributed by atoms with E-state index in [2.05, 4.69) is 33.9 Å². The molecule has 1 aromatic carbocycles. The Morgan fingerprint density at radius 3 is 2.24 bits per heavy atom. The molecule has 0 radical (unpaired) electrons. The van der Waals surface area contributed by atoms with Crippen LogP contribution >= 0.6 is 0 Å². The highest BCUT2D eigenvalue weighted by atomic mass is 16.5. The second kappa shape index (κ2) is 12.9. The first-order valence-electron chi connectivity index (χ1n) is 16.4. The van der Waals surface area contributed by atoms with E-state index in [0.29, 0.717) is 43.9 Å². The van der Waals surface area contributed by atoms with Gasteiger partial charge in [-0.1, -0.05) is 39.8 Å². The summed E-state index contributed by atoms with van der Waals surface area (Å²) < 4.78 is 12.6. The Balaban J connectivity index is 1.80. The normalized spacial score (nSPS) is 27.3. The molecule has 3 aliphatic heterocycles. The van der Waals surface area contributed by atoms with Crippen molar-refractivity contribution < 1.29 is 29.0 Å². The van der Waals surface area contributed by atoms with Crippen molar-refractivity contribution >= 4 is 23.4 Å². The Kier molecular flexibility index (Phi) is 9.96. The van der Waals surface area contributed by atoms with E-state index in [-0.39, 0.29) is 42.8 Å². The molecule has 0 aliphatic carbocycles. The zero-order chi connectivity index (χ0) is 33.4. The number of aliphatic hydroxyl groups is 1. The van der Waals surface area contributed by atoms with Gasteiger partial charge in [-0.25, -0.2) is 0 Å². The van der Waals surface area contributed by atoms with Crippen molar-refractivity contribution in [3.63, 3.8) is 0 Å². The highest BCUT2D eigenvalue weighted by Gasteiger charge is 2.79. The smallest absolute Gasteiger partial charge is 0.249 e. The lowest BCUT2D eigenvalue weighted by Gasteiger charge is -2.45. The average molecular weight is 624 g/mol. The van der Waals surface area contributed by atoms with Crippen LogP contribution in [0.25, 0.3) is 0 Å². The summed E-state index contributed by atoms with van der Waals surface area (Å²) in [4.78, 5) is 49.0. The topological polar surface area (TPSA) is 99.6 Å². The summed E-state index contributed by atoms with van der Waals surface area (Å²) in [5.41, 5.74) is -2.04. The van der Waals surface area contributed by atoms with Crippen LogP contribution in [0.5, 0.6) is 5.75 Å². The molecule has 1 spiro atoms. The van der Waals surface area contributed by atoms with Gasteiger partial charge in [-0.2, -0.15) is 0 Å². The summed E-state index contributed by atoms with van der Waals surface area (Å²) in [5, 5.41) is 10.1. The Hall–Kier alpha value is -3.17. The van der Waals surface area contributed by atoms with E-state index >= 15 is 0 Å². The van der Waals surface area contributed by atoms with E-state index in [1.807, 2.05) is 52.0 Å². The van der Waals surface area contributed by atoms with Gasteiger partial charge in [0.1, 0.15) is 17.4 Å². The van der Waals surface area contributed by atoms with Crippen LogP contribution in [0.2, 0.25) is 0 Å². The lowest BCUT2D eigenvalue weighted by molar-refractivity contribution is -0.157. The first-order chi connectivity index (χ1) is 21.2. The maximum atomic E-state index is 14.8. The predicted octanol–water partition coefficient (Wildman–Crippen LogP) is 4.98. The van der Waals surface area contributed by atoms with E-state index in [0.717, 1.165) is 6.42 Å². The molecular weight excluding hydrogens is 570 g/mol. The van der Waals surface area contributed by atoms with Crippen LogP contribution in [-0.4, -0.2) is 88.3 Å². The van der Waals surface area contributed by atoms with Crippen molar-refractivity contribution in [1.29, 1.82) is 0 Å². The molecule has 45 heavy (non-hydrogen) atoms. The second-order valence-corrected chi connectivity index (χ2v) is 14.5. The van der Waals surface area contributed by atoms with Crippen molar-refractivity contribution in [3.8, 4) is 5.75 Å². The third kappa shape index (κ3) is 6.06. The first-order valence-corrected chi connectivity index (χ1v) is 16.4. The van der Waals surface area contributed by atoms with Crippen LogP contribution in [0, 0.1) is 17.3 Å². The molecule has 4 rings (SSSR count). The molecule has 3 aliphatic rings. The van der Waals surface area contributed by atoms with Crippen LogP contribution in [-0.2, 0) is 19.1 Å². The SMILES string of the molecule is C=CCN(C(=O)[C@H]1[C@H]2C(=O)N(CCO)C(C(=O)N(CC=C)C(C)(C)CC(C)(C)C)C23CC[C@]1(CC)O3)c1ccc(OCC)cc1. The molecule has 3 amide bonds. The monoisotopic (exact) mass is 623 g/mol. The maximum Gasteiger partial charge on any atom is 0.249 e. The van der Waals surface area contributed by atoms with Crippen molar-refractivity contribution in [2.75, 3.05) is 37.7 Å². The molecule has 2 unspecified atom stereocenters. The third-order valence-electron chi connectivity index (χ3n) is 9.83. The Bertz CT molecular complexity index is 1290. The number of aliphatic hydroxyl groups excluding tert-OH is 1. The van der Waals surface area contributed by atoms with Crippen LogP contribution in [0.3, 0.4) is 0 Å². The number of carbonyl (C=O) groups is 3. The summed E-state index contributed by atoms with van der Waals surface area (Å²) in [7, 11) is 0. The van der Waals surface area contributed by atoms with Gasteiger partial charge < -0.3 is 29.3 Å². The fraction of sp³-hybridized carbons (Fsp3) is 0.639. The Morgan fingerprint density at radius 1 is 1.07 bits per heavy atom. The zero-order valence-corrected chi connectivity index (χ0v) is 28.3. The molecule has 3 saturated heterocycles. The number of amides is 3. The van der Waals surface area contributed by atoms with Crippen LogP contribution in [0.1, 0.15) is 74.1 Å². The number of ether oxygens (including phenoxy) is 2. The number of hydrogen-bond acceptors (Lipinski definition) is 6. The number of hydrogen-bond donors (Lipinski definition) is 1. The number of likely N-dealkylation sites (tertiary alicyclic amines) is 1. The van der Waals surface area contributed by atoms with Gasteiger partial charge >= 0.3 is 0 Å². The summed E-state index contributed by atoms with van der Waals surface area (Å²) in [6.45, 7) is 23.0. The number of carbonyl (C=O) groups excluding carboxylic acids is 3. The lowest BCUT2D eigenvalue weighted by atomic mass is 9.64. The van der Waals surface area contributed by atoms with Gasteiger partial charge in [-0.05, 0) is 76.1 Å². The van der Waals surface area contributed by atoms with Crippen molar-refractivity contribution in [1.82, 2.24) is 9.80 Å². The summed E-state index contributed by atoms with van der Waals surface area (Å²) in [6, 6.07) is 6.34. The minimum absolute atomic E-state index is 0.0201. The summed E-state index contributed by atoms with van der Waals surface area (Å²) in [5.74, 6) is -1.73. The molecule has 3 fully saturated rings. The zero-order valence-electron chi connectivity index (χ0n) is 28.3. The van der Waals surface area contributed by atoms with Crippen LogP contribution in [0.15, 0.2) is 49.6 Å². The van der Waals surface area contributed by atoms with Crippen molar-refractivity contribution in [3.05, 3.63) is 49.6 Å². The number of anilines is 1. The van der Waals surface area contributed by atoms with Gasteiger partial charge in [0.25, 0.3) is 0 Å². The fourth-order valence-electron chi connectivity index (χ4n) is 8.53. The summed E-state index contributed by atoms with van der Waals surface area (Å²) >= 11 is 0. The molecule has 5 atom stereocenters. The number of rotatable bonds is 14. The van der Waals surface area contributed by atoms with Gasteiger partial charge in [0.05, 0.1) is 30.7 Å². The summed E-state index contributed by atoms with van der Waals surface area (Å²) in [6.07, 6.45) is 5.65. The fourth-order valence-corrected chi connectivity index (χ4v) is 8.53. The number of nitrogens with zero attached hydrogens (tertiary/aromatic N) is 3. The first kappa shape index (κ1) is 34.7. The standard InChI is InChI=1S/C36H53N3O6/c1-10-20-37(25-14-16-26(17-15-25)44-13-4)30(41)27-28-31(42)38(22-23-40)29(36(28)19-18-35(27,12-3)45-36)32(43)39(21-11-2)34(8,9)24-33(5,6)7/h10-11,14-17,27-29,40H,1-2,12-13,18-24H2,3-9H3/t27-,28+,29?,35+,36?/m1/s1. The molecule has 2 bridgehead atoms. The van der Waals surface area contributed by atoms with E-state index < -0.39 is 34.6 Å². The lowest BCUT2D eigenvalue weighted by Crippen LogP contribution is -2.61. The minimum Gasteiger partial charge on any atom is -0.494 e. The highest BCUT2D eigenvalue weighted by molar-refractivity contribution is 6.03. The maximum absolute atomic E-state index is 14.8. The molecular formula is C36H53N3O6. The third-order valence-corrected chi connectivity index (χ3v) is 9.83. The van der Waals surface area contributed by atoms with Gasteiger partial charge in [0, 0.05) is 30.9 Å². The minimum atomic E-state index is -1.18. The van der Waals surface area contributed by atoms with E-state index in [1.165, 1.54) is 4.90 Å². The van der Waals surface area contributed by atoms with Crippen LogP contribution < -0.4 is 9.64 Å². The van der Waals surface area contributed by atoms with Gasteiger partial charge in [0.2, 0.25) is 17.7 Å². The molecule has 248 valence electrons. The van der Waals surface area contributed by atoms with Crippen molar-refractivity contribution in [2.24, 2.45) is 17.3 Å². The van der Waals surface area contributed by atoms with Crippen molar-refractivity contribution in [2.45, 2.75) is 96.9 Å². The molecule has 0 saturated carbocycles.